The number of benzene rings is 3. The van der Waals surface area contributed by atoms with Crippen molar-refractivity contribution in [3.8, 4) is 11.1 Å². The second kappa shape index (κ2) is 11.1. The number of rotatable bonds is 9. The quantitative estimate of drug-likeness (QED) is 0.334. The minimum Gasteiger partial charge on any atom is -0.481 e. The van der Waals surface area contributed by atoms with Gasteiger partial charge in [0, 0.05) is 23.4 Å². The van der Waals surface area contributed by atoms with Gasteiger partial charge in [0.25, 0.3) is 0 Å². The van der Waals surface area contributed by atoms with Gasteiger partial charge in [0.2, 0.25) is 0 Å². The van der Waals surface area contributed by atoms with Gasteiger partial charge in [0.15, 0.2) is 5.78 Å². The van der Waals surface area contributed by atoms with Gasteiger partial charge in [-0.1, -0.05) is 67.4 Å². The van der Waals surface area contributed by atoms with Crippen molar-refractivity contribution < 1.29 is 19.5 Å². The van der Waals surface area contributed by atoms with E-state index < -0.39 is 11.9 Å². The van der Waals surface area contributed by atoms with Gasteiger partial charge in [0.05, 0.1) is 5.92 Å². The number of urea groups is 1. The maximum Gasteiger partial charge on any atom is 0.323 e. The summed E-state index contributed by atoms with van der Waals surface area (Å²) in [6, 6.07) is 21.8. The Kier molecular flexibility index (Phi) is 7.97. The van der Waals surface area contributed by atoms with Gasteiger partial charge < -0.3 is 15.7 Å². The van der Waals surface area contributed by atoms with Crippen LogP contribution in [-0.4, -0.2) is 22.9 Å². The third kappa shape index (κ3) is 6.77. The second-order valence-corrected chi connectivity index (χ2v) is 8.05. The molecule has 0 radical (unpaired) electrons. The normalized spacial score (nSPS) is 11.5. The van der Waals surface area contributed by atoms with Crippen LogP contribution in [0.1, 0.15) is 42.1 Å². The fourth-order valence-corrected chi connectivity index (χ4v) is 3.53. The number of nitrogens with one attached hydrogen (secondary N) is 2. The number of carboxylic acid groups (broad SMARTS) is 1. The lowest BCUT2D eigenvalue weighted by Gasteiger charge is -2.11. The standard InChI is InChI=1S/C27H28N2O4/c1-3-4-22(26(31)32)17-25(30)21-9-7-19(8-10-21)20-11-15-24(16-12-20)29-27(33)28-23-13-5-18(2)6-14-23/h5-16,22H,3-4,17H2,1-2H3,(H,31,32)(H2,28,29,33). The van der Waals surface area contributed by atoms with Crippen molar-refractivity contribution in [3.63, 3.8) is 0 Å². The molecule has 1 unspecified atom stereocenters. The Labute approximate surface area is 193 Å². The summed E-state index contributed by atoms with van der Waals surface area (Å²) >= 11 is 0. The molecule has 0 heterocycles. The molecule has 1 atom stereocenters. The molecule has 3 N–H and O–H groups in total. The Hall–Kier alpha value is -3.93. The molecule has 0 spiro atoms. The van der Waals surface area contributed by atoms with E-state index in [0.717, 1.165) is 23.1 Å². The fraction of sp³-hybridized carbons (Fsp3) is 0.222. The molecule has 6 heteroatoms. The number of carbonyl (C=O) groups is 3. The van der Waals surface area contributed by atoms with Crippen molar-refractivity contribution in [2.45, 2.75) is 33.1 Å². The summed E-state index contributed by atoms with van der Waals surface area (Å²) in [6.07, 6.45) is 1.22. The first kappa shape index (κ1) is 23.7. The van der Waals surface area contributed by atoms with Crippen molar-refractivity contribution in [2.24, 2.45) is 5.92 Å². The van der Waals surface area contributed by atoms with Crippen LogP contribution in [0.5, 0.6) is 0 Å². The fourth-order valence-electron chi connectivity index (χ4n) is 3.53. The number of aliphatic carboxylic acids is 1. The van der Waals surface area contributed by atoms with Crippen LogP contribution >= 0.6 is 0 Å². The molecular weight excluding hydrogens is 416 g/mol. The zero-order valence-electron chi connectivity index (χ0n) is 18.8. The maximum atomic E-state index is 12.5. The summed E-state index contributed by atoms with van der Waals surface area (Å²) < 4.78 is 0. The minimum atomic E-state index is -0.928. The molecule has 6 nitrogen and oxygen atoms in total. The largest absolute Gasteiger partial charge is 0.481 e. The van der Waals surface area contributed by atoms with E-state index in [2.05, 4.69) is 10.6 Å². The average Bonchev–Trinajstić information content (AvgIpc) is 2.81. The number of Topliss-reactive ketones (excluding diaryl/α,β-unsaturated/α-hetero) is 1. The molecule has 0 fully saturated rings. The molecule has 3 aromatic rings. The van der Waals surface area contributed by atoms with Gasteiger partial charge >= 0.3 is 12.0 Å². The Morgan fingerprint density at radius 1 is 0.788 bits per heavy atom. The lowest BCUT2D eigenvalue weighted by molar-refractivity contribution is -0.141. The van der Waals surface area contributed by atoms with E-state index in [-0.39, 0.29) is 18.2 Å². The summed E-state index contributed by atoms with van der Waals surface area (Å²) in [5.41, 5.74) is 4.86. The van der Waals surface area contributed by atoms with Crippen LogP contribution < -0.4 is 10.6 Å². The van der Waals surface area contributed by atoms with Gasteiger partial charge in [-0.15, -0.1) is 0 Å². The molecule has 0 bridgehead atoms. The summed E-state index contributed by atoms with van der Waals surface area (Å²) in [5, 5.41) is 14.9. The average molecular weight is 445 g/mol. The predicted molar refractivity (Wildman–Crippen MR) is 131 cm³/mol. The third-order valence-corrected chi connectivity index (χ3v) is 5.41. The first-order valence-electron chi connectivity index (χ1n) is 11.0. The maximum absolute atomic E-state index is 12.5. The molecule has 0 aromatic heterocycles. The number of hydrogen-bond donors (Lipinski definition) is 3. The molecule has 0 saturated carbocycles. The van der Waals surface area contributed by atoms with Crippen LogP contribution in [-0.2, 0) is 4.79 Å². The van der Waals surface area contributed by atoms with E-state index >= 15 is 0 Å². The van der Waals surface area contributed by atoms with Crippen molar-refractivity contribution in [1.82, 2.24) is 0 Å². The molecule has 2 amide bonds. The number of amides is 2. The first-order chi connectivity index (χ1) is 15.9. The lowest BCUT2D eigenvalue weighted by Crippen LogP contribution is -2.19. The SMILES string of the molecule is CCCC(CC(=O)c1ccc(-c2ccc(NC(=O)Nc3ccc(C)cc3)cc2)cc1)C(=O)O. The summed E-state index contributed by atoms with van der Waals surface area (Å²) in [6.45, 7) is 3.89. The Balaban J connectivity index is 1.60. The van der Waals surface area contributed by atoms with E-state index in [1.54, 1.807) is 12.1 Å². The topological polar surface area (TPSA) is 95.5 Å². The van der Waals surface area contributed by atoms with Crippen LogP contribution in [0.3, 0.4) is 0 Å². The number of hydrogen-bond acceptors (Lipinski definition) is 3. The van der Waals surface area contributed by atoms with E-state index in [1.165, 1.54) is 0 Å². The van der Waals surface area contributed by atoms with Gasteiger partial charge in [-0.05, 0) is 48.7 Å². The second-order valence-electron chi connectivity index (χ2n) is 8.05. The molecule has 33 heavy (non-hydrogen) atoms. The Morgan fingerprint density at radius 3 is 1.76 bits per heavy atom. The number of aryl methyl sites for hydroxylation is 1. The van der Waals surface area contributed by atoms with Crippen molar-refractivity contribution in [2.75, 3.05) is 10.6 Å². The monoisotopic (exact) mass is 444 g/mol. The van der Waals surface area contributed by atoms with Crippen LogP contribution in [0.15, 0.2) is 72.8 Å². The first-order valence-corrected chi connectivity index (χ1v) is 11.0. The number of carboxylic acids is 1. The lowest BCUT2D eigenvalue weighted by atomic mass is 9.93. The van der Waals surface area contributed by atoms with Gasteiger partial charge in [0.1, 0.15) is 0 Å². The van der Waals surface area contributed by atoms with Crippen molar-refractivity contribution in [1.29, 1.82) is 0 Å². The molecule has 0 saturated heterocycles. The highest BCUT2D eigenvalue weighted by molar-refractivity contribution is 6.00. The summed E-state index contributed by atoms with van der Waals surface area (Å²) in [5.74, 6) is -1.74. The summed E-state index contributed by atoms with van der Waals surface area (Å²) in [7, 11) is 0. The van der Waals surface area contributed by atoms with E-state index in [1.807, 2.05) is 74.5 Å². The molecular formula is C27H28N2O4. The highest BCUT2D eigenvalue weighted by atomic mass is 16.4. The van der Waals surface area contributed by atoms with Gasteiger partial charge in [-0.2, -0.15) is 0 Å². The number of anilines is 2. The summed E-state index contributed by atoms with van der Waals surface area (Å²) in [4.78, 5) is 36.0. The van der Waals surface area contributed by atoms with Crippen LogP contribution in [0.2, 0.25) is 0 Å². The van der Waals surface area contributed by atoms with Crippen molar-refractivity contribution in [3.05, 3.63) is 83.9 Å². The van der Waals surface area contributed by atoms with E-state index in [0.29, 0.717) is 23.4 Å². The predicted octanol–water partition coefficient (Wildman–Crippen LogP) is 6.38. The zero-order chi connectivity index (χ0) is 23.8. The van der Waals surface area contributed by atoms with Crippen molar-refractivity contribution >= 4 is 29.2 Å². The van der Waals surface area contributed by atoms with E-state index in [4.69, 9.17) is 0 Å². The van der Waals surface area contributed by atoms with Crippen LogP contribution in [0.25, 0.3) is 11.1 Å². The van der Waals surface area contributed by atoms with Crippen LogP contribution in [0, 0.1) is 12.8 Å². The molecule has 170 valence electrons. The smallest absolute Gasteiger partial charge is 0.323 e. The van der Waals surface area contributed by atoms with E-state index in [9.17, 15) is 19.5 Å². The van der Waals surface area contributed by atoms with Gasteiger partial charge in [-0.3, -0.25) is 9.59 Å². The van der Waals surface area contributed by atoms with Gasteiger partial charge in [-0.25, -0.2) is 4.79 Å². The zero-order valence-corrected chi connectivity index (χ0v) is 18.8. The highest BCUT2D eigenvalue weighted by Gasteiger charge is 2.21. The number of ketones is 1. The molecule has 0 aliphatic heterocycles. The highest BCUT2D eigenvalue weighted by Crippen LogP contribution is 2.23. The third-order valence-electron chi connectivity index (χ3n) is 5.41. The Morgan fingerprint density at radius 2 is 1.27 bits per heavy atom. The molecule has 3 aromatic carbocycles. The molecule has 0 aliphatic rings. The molecule has 3 rings (SSSR count). The minimum absolute atomic E-state index is 0.00748. The Bertz CT molecular complexity index is 1100. The molecule has 0 aliphatic carbocycles. The number of carbonyl (C=O) groups excluding carboxylic acids is 2. The van der Waals surface area contributed by atoms with Crippen LogP contribution in [0.4, 0.5) is 16.2 Å².